The summed E-state index contributed by atoms with van der Waals surface area (Å²) in [4.78, 5) is 7.30. The van der Waals surface area contributed by atoms with Crippen LogP contribution in [0.5, 0.6) is 11.5 Å². The van der Waals surface area contributed by atoms with Gasteiger partial charge in [-0.2, -0.15) is 0 Å². The molecular formula is C22H28ClN5O2S. The van der Waals surface area contributed by atoms with Crippen LogP contribution >= 0.6 is 23.7 Å². The van der Waals surface area contributed by atoms with Gasteiger partial charge in [0.25, 0.3) is 0 Å². The molecule has 0 aliphatic carbocycles. The number of rotatable bonds is 6. The molecule has 0 N–H and O–H groups in total. The minimum Gasteiger partial charge on any atom is -0.496 e. The van der Waals surface area contributed by atoms with Crippen molar-refractivity contribution in [3.05, 3.63) is 41.7 Å². The normalized spacial score (nSPS) is 15.5. The molecule has 3 heterocycles. The highest BCUT2D eigenvalue weighted by Gasteiger charge is 2.18. The maximum atomic E-state index is 6.36. The fraction of sp³-hybridized carbons (Fsp3) is 0.409. The smallest absolute Gasteiger partial charge is 0.141 e. The van der Waals surface area contributed by atoms with Crippen molar-refractivity contribution in [3.8, 4) is 22.8 Å². The van der Waals surface area contributed by atoms with E-state index in [2.05, 4.69) is 45.9 Å². The Bertz CT molecular complexity index is 1060. The fourth-order valence-corrected chi connectivity index (χ4v) is 4.90. The van der Waals surface area contributed by atoms with Crippen molar-refractivity contribution in [2.24, 2.45) is 0 Å². The molecule has 0 bridgehead atoms. The number of halogens is 1. The summed E-state index contributed by atoms with van der Waals surface area (Å²) in [6.45, 7) is 4.14. The van der Waals surface area contributed by atoms with Crippen LogP contribution in [0.2, 0.25) is 5.02 Å². The van der Waals surface area contributed by atoms with Crippen LogP contribution in [0.25, 0.3) is 16.9 Å². The van der Waals surface area contributed by atoms with E-state index in [-0.39, 0.29) is 0 Å². The number of aromatic nitrogens is 2. The largest absolute Gasteiger partial charge is 0.496 e. The standard InChI is InChI=1S/C22H28ClN5O2S/c1-25(2)31-28-8-5-7-26(10-11-28)16-6-9-27-15-19(24-22(27)12-16)17-13-18(23)21(30-4)14-20(17)29-3/h6,9,12-15H,5,7-8,10-11H2,1-4H3. The minimum atomic E-state index is 0.528. The molecule has 7 nitrogen and oxygen atoms in total. The van der Waals surface area contributed by atoms with Gasteiger partial charge in [0, 0.05) is 74.1 Å². The number of nitrogens with zero attached hydrogens (tertiary/aromatic N) is 5. The summed E-state index contributed by atoms with van der Waals surface area (Å²) in [5, 5.41) is 0.528. The van der Waals surface area contributed by atoms with Crippen LogP contribution in [0.3, 0.4) is 0 Å². The second-order valence-electron chi connectivity index (χ2n) is 7.63. The molecule has 0 saturated carbocycles. The van der Waals surface area contributed by atoms with Crippen LogP contribution in [0.4, 0.5) is 5.69 Å². The monoisotopic (exact) mass is 461 g/mol. The Hall–Kier alpha value is -2.13. The highest BCUT2D eigenvalue weighted by Crippen LogP contribution is 2.38. The highest BCUT2D eigenvalue weighted by molar-refractivity contribution is 7.94. The van der Waals surface area contributed by atoms with E-state index in [9.17, 15) is 0 Å². The van der Waals surface area contributed by atoms with Gasteiger partial charge < -0.3 is 18.8 Å². The first-order chi connectivity index (χ1) is 15.0. The molecule has 31 heavy (non-hydrogen) atoms. The molecule has 1 fully saturated rings. The summed E-state index contributed by atoms with van der Waals surface area (Å²) in [7, 11) is 7.40. The molecule has 0 unspecified atom stereocenters. The molecule has 1 saturated heterocycles. The van der Waals surface area contributed by atoms with Crippen LogP contribution in [-0.2, 0) is 0 Å². The zero-order valence-electron chi connectivity index (χ0n) is 18.3. The van der Waals surface area contributed by atoms with Crippen LogP contribution < -0.4 is 14.4 Å². The maximum absolute atomic E-state index is 6.36. The van der Waals surface area contributed by atoms with E-state index in [0.29, 0.717) is 16.5 Å². The van der Waals surface area contributed by atoms with Gasteiger partial charge >= 0.3 is 0 Å². The zero-order chi connectivity index (χ0) is 22.0. The second-order valence-corrected chi connectivity index (χ2v) is 9.44. The third kappa shape index (κ3) is 4.87. The summed E-state index contributed by atoms with van der Waals surface area (Å²) >= 11 is 8.15. The van der Waals surface area contributed by atoms with E-state index < -0.39 is 0 Å². The average molecular weight is 462 g/mol. The Morgan fingerprint density at radius 2 is 1.84 bits per heavy atom. The van der Waals surface area contributed by atoms with Crippen molar-refractivity contribution in [1.29, 1.82) is 0 Å². The molecule has 0 atom stereocenters. The number of benzene rings is 1. The number of hydrogen-bond acceptors (Lipinski definition) is 7. The van der Waals surface area contributed by atoms with Crippen molar-refractivity contribution >= 4 is 35.1 Å². The maximum Gasteiger partial charge on any atom is 0.141 e. The molecule has 3 aromatic rings. The van der Waals surface area contributed by atoms with E-state index in [0.717, 1.165) is 49.5 Å². The average Bonchev–Trinajstić information content (AvgIpc) is 3.05. The first kappa shape index (κ1) is 22.1. The van der Waals surface area contributed by atoms with Crippen LogP contribution in [0, 0.1) is 0 Å². The van der Waals surface area contributed by atoms with Gasteiger partial charge in [0.05, 0.1) is 24.9 Å². The molecule has 1 aliphatic heterocycles. The lowest BCUT2D eigenvalue weighted by Crippen LogP contribution is -2.29. The number of imidazole rings is 1. The van der Waals surface area contributed by atoms with Crippen molar-refractivity contribution < 1.29 is 9.47 Å². The van der Waals surface area contributed by atoms with Crippen molar-refractivity contribution in [3.63, 3.8) is 0 Å². The number of fused-ring (bicyclic) bond motifs is 1. The molecular weight excluding hydrogens is 434 g/mol. The zero-order valence-corrected chi connectivity index (χ0v) is 19.9. The number of methoxy groups -OCH3 is 2. The Morgan fingerprint density at radius 1 is 1.03 bits per heavy atom. The molecule has 9 heteroatoms. The van der Waals surface area contributed by atoms with Gasteiger partial charge in [-0.15, -0.1) is 0 Å². The van der Waals surface area contributed by atoms with Gasteiger partial charge in [0.15, 0.2) is 0 Å². The summed E-state index contributed by atoms with van der Waals surface area (Å²) in [6, 6.07) is 7.94. The number of pyridine rings is 1. The van der Waals surface area contributed by atoms with Crippen molar-refractivity contribution in [2.75, 3.05) is 59.4 Å². The quantitative estimate of drug-likeness (QED) is 0.507. The number of hydrogen-bond donors (Lipinski definition) is 0. The van der Waals surface area contributed by atoms with Gasteiger partial charge in [-0.3, -0.25) is 0 Å². The van der Waals surface area contributed by atoms with Crippen molar-refractivity contribution in [2.45, 2.75) is 6.42 Å². The van der Waals surface area contributed by atoms with E-state index in [4.69, 9.17) is 26.1 Å². The molecule has 4 rings (SSSR count). The molecule has 1 aromatic carbocycles. The van der Waals surface area contributed by atoms with Gasteiger partial charge in [-0.25, -0.2) is 13.6 Å². The predicted octanol–water partition coefficient (Wildman–Crippen LogP) is 4.31. The molecule has 166 valence electrons. The van der Waals surface area contributed by atoms with E-state index in [1.54, 1.807) is 32.4 Å². The topological polar surface area (TPSA) is 45.5 Å². The van der Waals surface area contributed by atoms with Crippen LogP contribution in [0.1, 0.15) is 6.42 Å². The lowest BCUT2D eigenvalue weighted by atomic mass is 10.1. The Kier molecular flexibility index (Phi) is 6.81. The third-order valence-corrected chi connectivity index (χ3v) is 6.51. The first-order valence-electron chi connectivity index (χ1n) is 10.2. The summed E-state index contributed by atoms with van der Waals surface area (Å²) in [5.41, 5.74) is 3.74. The van der Waals surface area contributed by atoms with Crippen LogP contribution in [0.15, 0.2) is 36.7 Å². The summed E-state index contributed by atoms with van der Waals surface area (Å²) in [5.74, 6) is 1.26. The third-order valence-electron chi connectivity index (χ3n) is 5.29. The summed E-state index contributed by atoms with van der Waals surface area (Å²) in [6.07, 6.45) is 5.20. The molecule has 0 spiro atoms. The molecule has 2 aromatic heterocycles. The summed E-state index contributed by atoms with van der Waals surface area (Å²) < 4.78 is 17.5. The molecule has 0 amide bonds. The van der Waals surface area contributed by atoms with E-state index in [1.807, 2.05) is 16.7 Å². The van der Waals surface area contributed by atoms with Crippen molar-refractivity contribution in [1.82, 2.24) is 18.0 Å². The fourth-order valence-electron chi connectivity index (χ4n) is 3.82. The number of ether oxygens (including phenoxy) is 2. The Balaban J connectivity index is 1.60. The van der Waals surface area contributed by atoms with Crippen LogP contribution in [-0.4, -0.2) is 72.5 Å². The number of anilines is 1. The predicted molar refractivity (Wildman–Crippen MR) is 128 cm³/mol. The van der Waals surface area contributed by atoms with Gasteiger partial charge in [0.1, 0.15) is 17.1 Å². The second kappa shape index (κ2) is 9.56. The molecule has 0 radical (unpaired) electrons. The first-order valence-corrected chi connectivity index (χ1v) is 11.4. The van der Waals surface area contributed by atoms with E-state index in [1.165, 1.54) is 5.69 Å². The lowest BCUT2D eigenvalue weighted by Gasteiger charge is -2.24. The lowest BCUT2D eigenvalue weighted by molar-refractivity contribution is 0.395. The SMILES string of the molecule is COc1cc(OC)c(-c2cn3ccc(N4CCCN(SN(C)C)CC4)cc3n2)cc1Cl. The van der Waals surface area contributed by atoms with Gasteiger partial charge in [-0.1, -0.05) is 11.6 Å². The molecule has 1 aliphatic rings. The van der Waals surface area contributed by atoms with Gasteiger partial charge in [-0.05, 0) is 32.6 Å². The Labute approximate surface area is 192 Å². The van der Waals surface area contributed by atoms with Gasteiger partial charge in [0.2, 0.25) is 0 Å². The minimum absolute atomic E-state index is 0.528. The highest BCUT2D eigenvalue weighted by atomic mass is 35.5. The Morgan fingerprint density at radius 3 is 2.58 bits per heavy atom. The van der Waals surface area contributed by atoms with E-state index >= 15 is 0 Å².